The molecule has 13 nitrogen and oxygen atoms in total. The van der Waals surface area contributed by atoms with Gasteiger partial charge in [-0.05, 0) is 25.2 Å². The van der Waals surface area contributed by atoms with Gasteiger partial charge in [0.25, 0.3) is 5.56 Å². The number of primary amides is 1. The number of rotatable bonds is 8. The molecule has 4 aromatic rings. The summed E-state index contributed by atoms with van der Waals surface area (Å²) in [5, 5.41) is 5.83. The van der Waals surface area contributed by atoms with Gasteiger partial charge in [0.2, 0.25) is 11.9 Å². The Labute approximate surface area is 220 Å². The predicted molar refractivity (Wildman–Crippen MR) is 143 cm³/mol. The first kappa shape index (κ1) is 24.0. The molecule has 4 aromatic heterocycles. The highest BCUT2D eigenvalue weighted by molar-refractivity contribution is 7.13. The number of anilines is 2. The second-order valence-corrected chi connectivity index (χ2v) is 10.7. The molecule has 1 amide bonds. The number of carbonyl (C=O) groups is 1. The van der Waals surface area contributed by atoms with Gasteiger partial charge in [-0.2, -0.15) is 0 Å². The fraction of sp³-hybridized carbons (Fsp3) is 0.375. The molecule has 2 aliphatic rings. The Kier molecular flexibility index (Phi) is 5.63. The lowest BCUT2D eigenvalue weighted by Gasteiger charge is -2.18. The zero-order valence-electron chi connectivity index (χ0n) is 20.9. The maximum atomic E-state index is 13.1. The number of hydrogen-bond donors (Lipinski definition) is 2. The summed E-state index contributed by atoms with van der Waals surface area (Å²) in [6.07, 6.45) is 6.39. The third kappa shape index (κ3) is 4.06. The van der Waals surface area contributed by atoms with Crippen LogP contribution in [0.3, 0.4) is 0 Å². The van der Waals surface area contributed by atoms with Gasteiger partial charge in [-0.1, -0.05) is 6.58 Å². The zero-order valence-corrected chi connectivity index (χ0v) is 21.7. The maximum Gasteiger partial charge on any atom is 0.332 e. The molecule has 1 aliphatic carbocycles. The Morgan fingerprint density at radius 2 is 1.95 bits per heavy atom. The van der Waals surface area contributed by atoms with Crippen molar-refractivity contribution in [1.82, 2.24) is 33.6 Å². The van der Waals surface area contributed by atoms with Crippen LogP contribution in [0.1, 0.15) is 19.4 Å². The summed E-state index contributed by atoms with van der Waals surface area (Å²) < 4.78 is 3.62. The summed E-state index contributed by atoms with van der Waals surface area (Å²) in [5.41, 5.74) is 5.66. The first-order chi connectivity index (χ1) is 18.2. The van der Waals surface area contributed by atoms with Crippen LogP contribution in [0.4, 0.5) is 11.8 Å². The van der Waals surface area contributed by atoms with Crippen molar-refractivity contribution in [3.63, 3.8) is 0 Å². The summed E-state index contributed by atoms with van der Waals surface area (Å²) in [6, 6.07) is -0.438. The standard InChI is InChI=1S/C24H26N10O3S/c1-12(13(2)34-11-28-20-19(34)22(36)33(9-17(25)35)24(37)31(20)3)29-18-10-38-21(30-18)16-5-26-23(27-6-16)32-7-14-4-15(14)8-32/h5-6,10-11,13-15,29H,1,4,7-9H2,2-3H3,(H2,25,35)/t13-,14?,15?/m0/s1. The molecule has 6 rings (SSSR count). The number of piperidine rings is 1. The van der Waals surface area contributed by atoms with E-state index < -0.39 is 29.7 Å². The third-order valence-corrected chi connectivity index (χ3v) is 8.12. The molecular weight excluding hydrogens is 508 g/mol. The number of hydrogen-bond acceptors (Lipinski definition) is 10. The van der Waals surface area contributed by atoms with Crippen LogP contribution in [0.5, 0.6) is 0 Å². The van der Waals surface area contributed by atoms with Gasteiger partial charge in [0.05, 0.1) is 12.4 Å². The van der Waals surface area contributed by atoms with Crippen LogP contribution in [0.15, 0.2) is 46.0 Å². The molecule has 3 atom stereocenters. The lowest BCUT2D eigenvalue weighted by molar-refractivity contribution is -0.118. The minimum Gasteiger partial charge on any atom is -0.368 e. The Morgan fingerprint density at radius 3 is 2.63 bits per heavy atom. The number of nitrogens with two attached hydrogens (primary N) is 1. The van der Waals surface area contributed by atoms with Crippen molar-refractivity contribution in [2.45, 2.75) is 25.9 Å². The van der Waals surface area contributed by atoms with E-state index in [1.165, 1.54) is 35.7 Å². The van der Waals surface area contributed by atoms with Crippen LogP contribution >= 0.6 is 11.3 Å². The van der Waals surface area contributed by atoms with Crippen LogP contribution in [-0.2, 0) is 18.4 Å². The molecule has 0 bridgehead atoms. The number of nitrogens with one attached hydrogen (secondary N) is 1. The number of carbonyl (C=O) groups excluding carboxylic acids is 1. The number of nitrogens with zero attached hydrogens (tertiary/aromatic N) is 8. The molecule has 1 saturated carbocycles. The van der Waals surface area contributed by atoms with Crippen LogP contribution in [0.25, 0.3) is 21.7 Å². The van der Waals surface area contributed by atoms with E-state index in [9.17, 15) is 14.4 Å². The molecule has 0 spiro atoms. The quantitative estimate of drug-likeness (QED) is 0.335. The molecule has 3 N–H and O–H groups in total. The molecule has 2 unspecified atom stereocenters. The average Bonchev–Trinajstić information content (AvgIpc) is 3.29. The molecule has 1 aliphatic heterocycles. The van der Waals surface area contributed by atoms with Gasteiger partial charge >= 0.3 is 5.69 Å². The lowest BCUT2D eigenvalue weighted by atomic mass is 10.2. The van der Waals surface area contributed by atoms with Crippen LogP contribution in [0, 0.1) is 11.8 Å². The minimum atomic E-state index is -0.791. The number of thiazole rings is 1. The van der Waals surface area contributed by atoms with E-state index >= 15 is 0 Å². The first-order valence-corrected chi connectivity index (χ1v) is 13.0. The molecule has 0 aromatic carbocycles. The third-order valence-electron chi connectivity index (χ3n) is 7.23. The Bertz CT molecular complexity index is 1690. The molecular formula is C24H26N10O3S. The number of imidazole rings is 1. The number of fused-ring (bicyclic) bond motifs is 2. The fourth-order valence-corrected chi connectivity index (χ4v) is 5.66. The van der Waals surface area contributed by atoms with E-state index in [1.54, 1.807) is 17.0 Å². The van der Waals surface area contributed by atoms with Crippen molar-refractivity contribution in [3.8, 4) is 10.6 Å². The molecule has 0 radical (unpaired) electrons. The van der Waals surface area contributed by atoms with E-state index in [-0.39, 0.29) is 11.2 Å². The highest BCUT2D eigenvalue weighted by Crippen LogP contribution is 2.45. The normalized spacial score (nSPS) is 18.9. The largest absolute Gasteiger partial charge is 0.368 e. The number of aromatic nitrogens is 7. The van der Waals surface area contributed by atoms with Crippen molar-refractivity contribution in [1.29, 1.82) is 0 Å². The number of aryl methyl sites for hydroxylation is 1. The van der Waals surface area contributed by atoms with E-state index in [0.717, 1.165) is 46.0 Å². The summed E-state index contributed by atoms with van der Waals surface area (Å²) in [6.45, 7) is 7.51. The number of amides is 1. The second kappa shape index (κ2) is 8.90. The van der Waals surface area contributed by atoms with Gasteiger partial charge in [0.15, 0.2) is 11.2 Å². The van der Waals surface area contributed by atoms with E-state index in [1.807, 2.05) is 12.3 Å². The van der Waals surface area contributed by atoms with Gasteiger partial charge in [-0.3, -0.25) is 14.2 Å². The summed E-state index contributed by atoms with van der Waals surface area (Å²) in [7, 11) is 1.48. The van der Waals surface area contributed by atoms with Crippen LogP contribution in [0.2, 0.25) is 0 Å². The molecule has 1 saturated heterocycles. The Hall–Kier alpha value is -4.33. The lowest BCUT2D eigenvalue weighted by Crippen LogP contribution is -2.42. The van der Waals surface area contributed by atoms with E-state index in [2.05, 4.69) is 36.7 Å². The van der Waals surface area contributed by atoms with Crippen molar-refractivity contribution in [2.24, 2.45) is 24.6 Å². The van der Waals surface area contributed by atoms with Gasteiger partial charge in [0.1, 0.15) is 17.4 Å². The smallest absolute Gasteiger partial charge is 0.332 e. The molecule has 14 heteroatoms. The summed E-state index contributed by atoms with van der Waals surface area (Å²) >= 11 is 1.45. The average molecular weight is 535 g/mol. The fourth-order valence-electron chi connectivity index (χ4n) is 4.94. The van der Waals surface area contributed by atoms with Gasteiger partial charge in [0, 0.05) is 49.2 Å². The zero-order chi connectivity index (χ0) is 26.7. The van der Waals surface area contributed by atoms with Crippen molar-refractivity contribution in [2.75, 3.05) is 23.3 Å². The first-order valence-electron chi connectivity index (χ1n) is 12.1. The van der Waals surface area contributed by atoms with Crippen molar-refractivity contribution in [3.05, 3.63) is 57.2 Å². The van der Waals surface area contributed by atoms with E-state index in [0.29, 0.717) is 11.5 Å². The topological polar surface area (TPSA) is 159 Å². The monoisotopic (exact) mass is 534 g/mol. The highest BCUT2D eigenvalue weighted by Gasteiger charge is 2.45. The predicted octanol–water partition coefficient (Wildman–Crippen LogP) is 0.938. The Morgan fingerprint density at radius 1 is 1.24 bits per heavy atom. The minimum absolute atomic E-state index is 0.162. The van der Waals surface area contributed by atoms with E-state index in [4.69, 9.17) is 5.73 Å². The van der Waals surface area contributed by atoms with Gasteiger partial charge in [-0.25, -0.2) is 29.3 Å². The van der Waals surface area contributed by atoms with Gasteiger partial charge < -0.3 is 20.5 Å². The van der Waals surface area contributed by atoms with Crippen molar-refractivity contribution >= 4 is 40.2 Å². The second-order valence-electron chi connectivity index (χ2n) is 9.82. The molecule has 196 valence electrons. The summed E-state index contributed by atoms with van der Waals surface area (Å²) in [5.74, 6) is 2.18. The maximum absolute atomic E-state index is 13.1. The van der Waals surface area contributed by atoms with Crippen LogP contribution < -0.4 is 27.2 Å². The molecule has 5 heterocycles. The van der Waals surface area contributed by atoms with Crippen LogP contribution in [-0.4, -0.2) is 52.6 Å². The molecule has 2 fully saturated rings. The highest BCUT2D eigenvalue weighted by atomic mass is 32.1. The van der Waals surface area contributed by atoms with Crippen molar-refractivity contribution < 1.29 is 4.79 Å². The SMILES string of the molecule is C=C(Nc1csc(-c2cnc(N3CC4CC4C3)nc2)n1)[C@H](C)n1cnc2c1c(=O)n(CC(N)=O)c(=O)n2C. The number of allylic oxidation sites excluding steroid dienone is 1. The summed E-state index contributed by atoms with van der Waals surface area (Å²) in [4.78, 5) is 57.3. The molecule has 38 heavy (non-hydrogen) atoms. The Balaban J connectivity index is 1.20. The van der Waals surface area contributed by atoms with Gasteiger partial charge in [-0.15, -0.1) is 11.3 Å².